The van der Waals surface area contributed by atoms with Gasteiger partial charge in [0.25, 0.3) is 0 Å². The summed E-state index contributed by atoms with van der Waals surface area (Å²) >= 11 is 0. The van der Waals surface area contributed by atoms with E-state index in [9.17, 15) is 13.2 Å². The molecule has 0 spiro atoms. The zero-order valence-electron chi connectivity index (χ0n) is 17.3. The van der Waals surface area contributed by atoms with Crippen LogP contribution in [0.2, 0.25) is 0 Å². The first kappa shape index (κ1) is 22.2. The van der Waals surface area contributed by atoms with E-state index in [4.69, 9.17) is 0 Å². The van der Waals surface area contributed by atoms with Crippen LogP contribution < -0.4 is 4.72 Å². The Morgan fingerprint density at radius 1 is 1.00 bits per heavy atom. The minimum Gasteiger partial charge on any atom is -0.340 e. The highest BCUT2D eigenvalue weighted by Crippen LogP contribution is 2.10. The fourth-order valence-corrected chi connectivity index (χ4v) is 4.36. The molecule has 1 aliphatic heterocycles. The molecule has 0 atom stereocenters. The molecule has 1 N–H and O–H groups in total. The lowest BCUT2D eigenvalue weighted by molar-refractivity contribution is -0.132. The third-order valence-corrected chi connectivity index (χ3v) is 6.64. The van der Waals surface area contributed by atoms with Crippen LogP contribution in [-0.4, -0.2) is 63.4 Å². The van der Waals surface area contributed by atoms with Crippen molar-refractivity contribution in [2.45, 2.75) is 18.2 Å². The van der Waals surface area contributed by atoms with E-state index < -0.39 is 10.0 Å². The normalized spacial score (nSPS) is 15.6. The van der Waals surface area contributed by atoms with Crippen LogP contribution >= 0.6 is 0 Å². The minimum atomic E-state index is -3.58. The fraction of sp³-hybridized carbons (Fsp3) is 0.348. The number of piperazine rings is 1. The van der Waals surface area contributed by atoms with Crippen molar-refractivity contribution < 1.29 is 13.2 Å². The molecule has 0 bridgehead atoms. The van der Waals surface area contributed by atoms with Gasteiger partial charge in [-0.15, -0.1) is 0 Å². The molecule has 160 valence electrons. The zero-order valence-corrected chi connectivity index (χ0v) is 18.1. The standard InChI is InChI=1S/C23H29N3O3S/c1-20-9-11-22(12-10-20)30(28,29)24-14-13-23(27)26-18-16-25(17-19-26)15-5-8-21-6-3-2-4-7-21/h2-12,24H,13-19H2,1H3/b8-5+. The van der Waals surface area contributed by atoms with Crippen molar-refractivity contribution in [1.82, 2.24) is 14.5 Å². The van der Waals surface area contributed by atoms with Crippen LogP contribution in [0.1, 0.15) is 17.5 Å². The fourth-order valence-electron chi connectivity index (χ4n) is 3.33. The molecule has 1 saturated heterocycles. The Hall–Kier alpha value is -2.48. The maximum atomic E-state index is 12.4. The van der Waals surface area contributed by atoms with E-state index in [1.807, 2.05) is 30.0 Å². The molecular weight excluding hydrogens is 398 g/mol. The third kappa shape index (κ3) is 6.52. The Bertz CT molecular complexity index is 949. The number of rotatable bonds is 8. The number of sulfonamides is 1. The van der Waals surface area contributed by atoms with E-state index in [1.165, 1.54) is 5.56 Å². The summed E-state index contributed by atoms with van der Waals surface area (Å²) in [7, 11) is -3.58. The summed E-state index contributed by atoms with van der Waals surface area (Å²) in [5.41, 5.74) is 2.18. The predicted molar refractivity (Wildman–Crippen MR) is 119 cm³/mol. The molecule has 7 heteroatoms. The number of carbonyl (C=O) groups is 1. The first-order valence-electron chi connectivity index (χ1n) is 10.2. The summed E-state index contributed by atoms with van der Waals surface area (Å²) in [4.78, 5) is 16.8. The van der Waals surface area contributed by atoms with Gasteiger partial charge in [0.1, 0.15) is 0 Å². The summed E-state index contributed by atoms with van der Waals surface area (Å²) in [5.74, 6) is -0.0129. The number of nitrogens with one attached hydrogen (secondary N) is 1. The van der Waals surface area contributed by atoms with E-state index in [1.54, 1.807) is 24.3 Å². The maximum Gasteiger partial charge on any atom is 0.240 e. The number of nitrogens with zero attached hydrogens (tertiary/aromatic N) is 2. The largest absolute Gasteiger partial charge is 0.340 e. The molecule has 0 aromatic heterocycles. The SMILES string of the molecule is Cc1ccc(S(=O)(=O)NCCC(=O)N2CCN(C/C=C/c3ccccc3)CC2)cc1. The van der Waals surface area contributed by atoms with Crippen molar-refractivity contribution in [3.8, 4) is 0 Å². The van der Waals surface area contributed by atoms with Crippen molar-refractivity contribution in [2.24, 2.45) is 0 Å². The summed E-state index contributed by atoms with van der Waals surface area (Å²) in [5, 5.41) is 0. The molecule has 2 aromatic rings. The van der Waals surface area contributed by atoms with Gasteiger partial charge in [-0.3, -0.25) is 9.69 Å². The Kier molecular flexibility index (Phi) is 7.79. The second-order valence-electron chi connectivity index (χ2n) is 7.46. The van der Waals surface area contributed by atoms with Gasteiger partial charge in [-0.25, -0.2) is 13.1 Å². The van der Waals surface area contributed by atoms with Crippen LogP contribution in [0, 0.1) is 6.92 Å². The highest BCUT2D eigenvalue weighted by molar-refractivity contribution is 7.89. The number of benzene rings is 2. The highest BCUT2D eigenvalue weighted by atomic mass is 32.2. The van der Waals surface area contributed by atoms with Crippen molar-refractivity contribution in [2.75, 3.05) is 39.3 Å². The van der Waals surface area contributed by atoms with Crippen LogP contribution in [0.3, 0.4) is 0 Å². The Balaban J connectivity index is 1.38. The number of amides is 1. The van der Waals surface area contributed by atoms with Crippen LogP contribution in [0.5, 0.6) is 0 Å². The minimum absolute atomic E-state index is 0.0129. The van der Waals surface area contributed by atoms with Crippen molar-refractivity contribution in [3.63, 3.8) is 0 Å². The molecule has 1 fully saturated rings. The van der Waals surface area contributed by atoms with Gasteiger partial charge in [-0.05, 0) is 24.6 Å². The maximum absolute atomic E-state index is 12.4. The average molecular weight is 428 g/mol. The lowest BCUT2D eigenvalue weighted by Crippen LogP contribution is -2.49. The molecule has 1 aliphatic rings. The number of carbonyl (C=O) groups excluding carboxylic acids is 1. The number of aryl methyl sites for hydroxylation is 1. The van der Waals surface area contributed by atoms with Gasteiger partial charge in [0.15, 0.2) is 0 Å². The topological polar surface area (TPSA) is 69.7 Å². The van der Waals surface area contributed by atoms with Crippen LogP contribution in [0.4, 0.5) is 0 Å². The Morgan fingerprint density at radius 2 is 1.67 bits per heavy atom. The molecule has 1 amide bonds. The quantitative estimate of drug-likeness (QED) is 0.703. The van der Waals surface area contributed by atoms with Crippen LogP contribution in [0.15, 0.2) is 65.6 Å². The summed E-state index contributed by atoms with van der Waals surface area (Å²) in [6.45, 7) is 5.84. The zero-order chi connectivity index (χ0) is 21.4. The lowest BCUT2D eigenvalue weighted by atomic mass is 10.2. The third-order valence-electron chi connectivity index (χ3n) is 5.16. The van der Waals surface area contributed by atoms with E-state index in [-0.39, 0.29) is 23.8 Å². The first-order valence-corrected chi connectivity index (χ1v) is 11.7. The average Bonchev–Trinajstić information content (AvgIpc) is 2.75. The summed E-state index contributed by atoms with van der Waals surface area (Å²) in [6, 6.07) is 16.8. The van der Waals surface area contributed by atoms with Gasteiger partial charge in [-0.1, -0.05) is 60.2 Å². The van der Waals surface area contributed by atoms with E-state index in [0.717, 1.165) is 25.2 Å². The predicted octanol–water partition coefficient (Wildman–Crippen LogP) is 2.52. The van der Waals surface area contributed by atoms with E-state index in [0.29, 0.717) is 13.1 Å². The molecule has 0 aliphatic carbocycles. The Labute approximate surface area is 179 Å². The van der Waals surface area contributed by atoms with Gasteiger partial charge < -0.3 is 4.90 Å². The van der Waals surface area contributed by atoms with Crippen LogP contribution in [0.25, 0.3) is 6.08 Å². The first-order chi connectivity index (χ1) is 14.4. The lowest BCUT2D eigenvalue weighted by Gasteiger charge is -2.34. The molecule has 0 radical (unpaired) electrons. The molecule has 2 aromatic carbocycles. The molecule has 0 unspecified atom stereocenters. The second kappa shape index (κ2) is 10.5. The second-order valence-corrected chi connectivity index (χ2v) is 9.22. The van der Waals surface area contributed by atoms with Crippen molar-refractivity contribution >= 4 is 22.0 Å². The Morgan fingerprint density at radius 3 is 2.33 bits per heavy atom. The van der Waals surface area contributed by atoms with E-state index in [2.05, 4.69) is 33.9 Å². The molecule has 0 saturated carbocycles. The van der Waals surface area contributed by atoms with Gasteiger partial charge in [0.2, 0.25) is 15.9 Å². The molecular formula is C23H29N3O3S. The van der Waals surface area contributed by atoms with Gasteiger partial charge in [0.05, 0.1) is 4.90 Å². The van der Waals surface area contributed by atoms with Gasteiger partial charge in [0, 0.05) is 45.7 Å². The van der Waals surface area contributed by atoms with Crippen LogP contribution in [-0.2, 0) is 14.8 Å². The molecule has 30 heavy (non-hydrogen) atoms. The van der Waals surface area contributed by atoms with Crippen molar-refractivity contribution in [3.05, 3.63) is 71.8 Å². The van der Waals surface area contributed by atoms with Gasteiger partial charge in [-0.2, -0.15) is 0 Å². The van der Waals surface area contributed by atoms with E-state index >= 15 is 0 Å². The smallest absolute Gasteiger partial charge is 0.240 e. The van der Waals surface area contributed by atoms with Gasteiger partial charge >= 0.3 is 0 Å². The highest BCUT2D eigenvalue weighted by Gasteiger charge is 2.21. The van der Waals surface area contributed by atoms with Crippen molar-refractivity contribution in [1.29, 1.82) is 0 Å². The molecule has 6 nitrogen and oxygen atoms in total. The number of hydrogen-bond acceptors (Lipinski definition) is 4. The molecule has 1 heterocycles. The summed E-state index contributed by atoms with van der Waals surface area (Å²) < 4.78 is 27.1. The number of hydrogen-bond donors (Lipinski definition) is 1. The summed E-state index contributed by atoms with van der Waals surface area (Å²) in [6.07, 6.45) is 4.42. The monoisotopic (exact) mass is 427 g/mol. The molecule has 3 rings (SSSR count).